The molecular formula is C17H19N3O. The summed E-state index contributed by atoms with van der Waals surface area (Å²) in [6.07, 6.45) is 7.23. The summed E-state index contributed by atoms with van der Waals surface area (Å²) in [6, 6.07) is 12.8. The molecule has 0 spiro atoms. The summed E-state index contributed by atoms with van der Waals surface area (Å²) in [5.41, 5.74) is 2.36. The third-order valence-electron chi connectivity index (χ3n) is 3.67. The Bertz CT molecular complexity index is 657. The Kier molecular flexibility index (Phi) is 3.88. The van der Waals surface area contributed by atoms with E-state index in [1.54, 1.807) is 18.8 Å². The van der Waals surface area contributed by atoms with Crippen LogP contribution in [0.2, 0.25) is 0 Å². The first kappa shape index (κ1) is 13.6. The van der Waals surface area contributed by atoms with Crippen LogP contribution in [0.1, 0.15) is 37.3 Å². The summed E-state index contributed by atoms with van der Waals surface area (Å²) < 4.78 is 7.42. The molecular weight excluding hydrogens is 262 g/mol. The molecule has 0 bridgehead atoms. The van der Waals surface area contributed by atoms with E-state index in [0.29, 0.717) is 0 Å². The van der Waals surface area contributed by atoms with E-state index in [0.717, 1.165) is 11.4 Å². The van der Waals surface area contributed by atoms with Gasteiger partial charge in [-0.1, -0.05) is 12.1 Å². The van der Waals surface area contributed by atoms with Gasteiger partial charge in [-0.2, -0.15) is 0 Å². The van der Waals surface area contributed by atoms with Gasteiger partial charge < -0.3 is 14.3 Å². The van der Waals surface area contributed by atoms with Crippen molar-refractivity contribution >= 4 is 0 Å². The zero-order chi connectivity index (χ0) is 14.7. The minimum Gasteiger partial charge on any atom is -0.468 e. The van der Waals surface area contributed by atoms with Crippen molar-refractivity contribution < 1.29 is 4.42 Å². The first-order valence-corrected chi connectivity index (χ1v) is 7.12. The molecule has 3 rings (SSSR count). The lowest BCUT2D eigenvalue weighted by Gasteiger charge is -2.19. The smallest absolute Gasteiger partial charge is 0.120 e. The van der Waals surface area contributed by atoms with Gasteiger partial charge in [-0.05, 0) is 43.7 Å². The number of rotatable bonds is 5. The average molecular weight is 281 g/mol. The average Bonchev–Trinajstić information content (AvgIpc) is 3.20. The molecule has 0 saturated heterocycles. The molecule has 2 aromatic heterocycles. The predicted molar refractivity (Wildman–Crippen MR) is 82.2 cm³/mol. The number of benzene rings is 1. The minimum atomic E-state index is 0.184. The Balaban J connectivity index is 1.69. The van der Waals surface area contributed by atoms with Gasteiger partial charge >= 0.3 is 0 Å². The Morgan fingerprint density at radius 3 is 2.52 bits per heavy atom. The van der Waals surface area contributed by atoms with E-state index in [1.807, 2.05) is 22.9 Å². The fraction of sp³-hybridized carbons (Fsp3) is 0.235. The molecule has 0 aliphatic heterocycles. The van der Waals surface area contributed by atoms with Crippen molar-refractivity contribution in [3.05, 3.63) is 72.7 Å². The molecule has 21 heavy (non-hydrogen) atoms. The van der Waals surface area contributed by atoms with Crippen molar-refractivity contribution in [2.45, 2.75) is 25.9 Å². The lowest BCUT2D eigenvalue weighted by molar-refractivity contribution is 0.403. The highest BCUT2D eigenvalue weighted by atomic mass is 16.3. The van der Waals surface area contributed by atoms with Crippen molar-refractivity contribution in [1.82, 2.24) is 14.9 Å². The van der Waals surface area contributed by atoms with Gasteiger partial charge in [0.2, 0.25) is 0 Å². The highest BCUT2D eigenvalue weighted by molar-refractivity contribution is 5.35. The molecule has 3 aromatic rings. The van der Waals surface area contributed by atoms with Gasteiger partial charge in [0, 0.05) is 24.1 Å². The summed E-state index contributed by atoms with van der Waals surface area (Å²) in [6.45, 7) is 4.26. The monoisotopic (exact) mass is 281 g/mol. The Morgan fingerprint density at radius 2 is 1.90 bits per heavy atom. The highest BCUT2D eigenvalue weighted by Gasteiger charge is 2.13. The molecule has 2 unspecified atom stereocenters. The van der Waals surface area contributed by atoms with Crippen LogP contribution in [0.15, 0.2) is 65.8 Å². The van der Waals surface area contributed by atoms with Crippen LogP contribution in [0.5, 0.6) is 0 Å². The van der Waals surface area contributed by atoms with Crippen LogP contribution in [-0.2, 0) is 0 Å². The Hall–Kier alpha value is -2.33. The predicted octanol–water partition coefficient (Wildman–Crippen LogP) is 3.88. The Morgan fingerprint density at radius 1 is 1.10 bits per heavy atom. The van der Waals surface area contributed by atoms with E-state index in [9.17, 15) is 0 Å². The van der Waals surface area contributed by atoms with Crippen LogP contribution in [0.3, 0.4) is 0 Å². The molecule has 4 nitrogen and oxygen atoms in total. The standard InChI is InChI=1S/C17H19N3O/c1-13(19-14(2)17-4-3-11-21-17)15-5-7-16(8-6-15)20-10-9-18-12-20/h3-14,19H,1-2H3. The van der Waals surface area contributed by atoms with Gasteiger partial charge in [0.15, 0.2) is 0 Å². The summed E-state index contributed by atoms with van der Waals surface area (Å²) in [5.74, 6) is 0.955. The zero-order valence-corrected chi connectivity index (χ0v) is 12.2. The molecule has 1 aromatic carbocycles. The molecule has 0 saturated carbocycles. The topological polar surface area (TPSA) is 43.0 Å². The molecule has 2 atom stereocenters. The van der Waals surface area contributed by atoms with E-state index in [1.165, 1.54) is 5.56 Å². The van der Waals surface area contributed by atoms with Crippen LogP contribution in [0, 0.1) is 0 Å². The summed E-state index contributed by atoms with van der Waals surface area (Å²) in [7, 11) is 0. The molecule has 0 aliphatic rings. The normalized spacial score (nSPS) is 14.0. The third kappa shape index (κ3) is 3.06. The first-order chi connectivity index (χ1) is 10.2. The van der Waals surface area contributed by atoms with E-state index in [4.69, 9.17) is 4.42 Å². The molecule has 4 heteroatoms. The first-order valence-electron chi connectivity index (χ1n) is 7.12. The van der Waals surface area contributed by atoms with Crippen LogP contribution in [0.4, 0.5) is 0 Å². The fourth-order valence-electron chi connectivity index (χ4n) is 2.44. The van der Waals surface area contributed by atoms with Crippen molar-refractivity contribution in [2.24, 2.45) is 0 Å². The highest BCUT2D eigenvalue weighted by Crippen LogP contribution is 2.20. The lowest BCUT2D eigenvalue weighted by Crippen LogP contribution is -2.22. The zero-order valence-electron chi connectivity index (χ0n) is 12.2. The van der Waals surface area contributed by atoms with Crippen molar-refractivity contribution in [3.8, 4) is 5.69 Å². The number of hydrogen-bond acceptors (Lipinski definition) is 3. The summed E-state index contributed by atoms with van der Waals surface area (Å²) in [5, 5.41) is 3.54. The number of aromatic nitrogens is 2. The summed E-state index contributed by atoms with van der Waals surface area (Å²) in [4.78, 5) is 4.06. The molecule has 1 N–H and O–H groups in total. The summed E-state index contributed by atoms with van der Waals surface area (Å²) >= 11 is 0. The maximum atomic E-state index is 5.43. The van der Waals surface area contributed by atoms with Crippen molar-refractivity contribution in [3.63, 3.8) is 0 Å². The maximum Gasteiger partial charge on any atom is 0.120 e. The van der Waals surface area contributed by atoms with Gasteiger partial charge in [0.1, 0.15) is 5.76 Å². The van der Waals surface area contributed by atoms with Crippen LogP contribution < -0.4 is 5.32 Å². The number of imidazole rings is 1. The molecule has 0 fully saturated rings. The molecule has 2 heterocycles. The number of nitrogens with zero attached hydrogens (tertiary/aromatic N) is 2. The molecule has 0 radical (unpaired) electrons. The van der Waals surface area contributed by atoms with Gasteiger partial charge in [-0.15, -0.1) is 0 Å². The number of nitrogens with one attached hydrogen (secondary N) is 1. The Labute approximate surface area is 124 Å². The van der Waals surface area contributed by atoms with E-state index in [-0.39, 0.29) is 12.1 Å². The van der Waals surface area contributed by atoms with Crippen LogP contribution in [-0.4, -0.2) is 9.55 Å². The second-order valence-corrected chi connectivity index (χ2v) is 5.19. The van der Waals surface area contributed by atoms with Gasteiger partial charge in [-0.3, -0.25) is 0 Å². The maximum absolute atomic E-state index is 5.43. The largest absolute Gasteiger partial charge is 0.468 e. The van der Waals surface area contributed by atoms with Crippen LogP contribution in [0.25, 0.3) is 5.69 Å². The molecule has 0 aliphatic carbocycles. The molecule has 108 valence electrons. The quantitative estimate of drug-likeness (QED) is 0.772. The van der Waals surface area contributed by atoms with Gasteiger partial charge in [-0.25, -0.2) is 4.98 Å². The second-order valence-electron chi connectivity index (χ2n) is 5.19. The van der Waals surface area contributed by atoms with Gasteiger partial charge in [0.25, 0.3) is 0 Å². The minimum absolute atomic E-state index is 0.184. The van der Waals surface area contributed by atoms with E-state index >= 15 is 0 Å². The van der Waals surface area contributed by atoms with E-state index < -0.39 is 0 Å². The van der Waals surface area contributed by atoms with Crippen LogP contribution >= 0.6 is 0 Å². The fourth-order valence-corrected chi connectivity index (χ4v) is 2.44. The van der Waals surface area contributed by atoms with Crippen molar-refractivity contribution in [2.75, 3.05) is 0 Å². The third-order valence-corrected chi connectivity index (χ3v) is 3.67. The van der Waals surface area contributed by atoms with Gasteiger partial charge in [0.05, 0.1) is 18.6 Å². The number of furan rings is 1. The molecule has 0 amide bonds. The van der Waals surface area contributed by atoms with E-state index in [2.05, 4.69) is 48.4 Å². The second kappa shape index (κ2) is 5.97. The SMILES string of the molecule is CC(NC(C)c1ccco1)c1ccc(-n2ccnc2)cc1. The van der Waals surface area contributed by atoms with Crippen molar-refractivity contribution in [1.29, 1.82) is 0 Å². The number of hydrogen-bond donors (Lipinski definition) is 1. The lowest BCUT2D eigenvalue weighted by atomic mass is 10.1.